The summed E-state index contributed by atoms with van der Waals surface area (Å²) in [5.41, 5.74) is 4.03. The summed E-state index contributed by atoms with van der Waals surface area (Å²) in [6.45, 7) is 3.86. The first-order valence-corrected chi connectivity index (χ1v) is 11.8. The molecular formula is C24H20INO4S. The molecule has 0 saturated carbocycles. The quantitative estimate of drug-likeness (QED) is 0.171. The summed E-state index contributed by atoms with van der Waals surface area (Å²) in [6.07, 6.45) is 1.73. The minimum absolute atomic E-state index is 0.0612. The van der Waals surface area contributed by atoms with Gasteiger partial charge in [0.15, 0.2) is 11.5 Å². The zero-order valence-electron chi connectivity index (χ0n) is 17.2. The van der Waals surface area contributed by atoms with Crippen LogP contribution in [0.1, 0.15) is 22.3 Å². The van der Waals surface area contributed by atoms with Crippen molar-refractivity contribution in [3.63, 3.8) is 0 Å². The van der Waals surface area contributed by atoms with Crippen LogP contribution in [0.5, 0.6) is 11.5 Å². The fourth-order valence-electron chi connectivity index (χ4n) is 2.85. The molecule has 5 nitrogen and oxygen atoms in total. The van der Waals surface area contributed by atoms with E-state index in [1.54, 1.807) is 30.3 Å². The van der Waals surface area contributed by atoms with Gasteiger partial charge in [-0.05, 0) is 77.9 Å². The minimum atomic E-state index is -4.03. The second-order valence-corrected chi connectivity index (χ2v) is 9.63. The maximum absolute atomic E-state index is 12.7. The Morgan fingerprint density at radius 2 is 1.58 bits per heavy atom. The molecule has 0 bridgehead atoms. The number of hydrogen-bond donors (Lipinski definition) is 0. The number of halogens is 1. The predicted molar refractivity (Wildman–Crippen MR) is 129 cm³/mol. The van der Waals surface area contributed by atoms with E-state index in [-0.39, 0.29) is 16.4 Å². The normalized spacial score (nSPS) is 11.6. The first kappa shape index (κ1) is 22.8. The monoisotopic (exact) mass is 545 g/mol. The topological polar surface area (TPSA) is 76.4 Å². The molecule has 0 unspecified atom stereocenters. The minimum Gasteiger partial charge on any atom is -0.493 e. The average Bonchev–Trinajstić information content (AvgIpc) is 2.74. The van der Waals surface area contributed by atoms with Gasteiger partial charge in [0.05, 0.1) is 22.3 Å². The third kappa shape index (κ3) is 5.46. The van der Waals surface area contributed by atoms with E-state index in [0.29, 0.717) is 14.7 Å². The molecule has 0 aliphatic rings. The fourth-order valence-corrected chi connectivity index (χ4v) is 4.69. The number of benzene rings is 3. The van der Waals surface area contributed by atoms with Crippen molar-refractivity contribution in [3.05, 3.63) is 86.5 Å². The van der Waals surface area contributed by atoms with Crippen molar-refractivity contribution in [1.29, 1.82) is 5.26 Å². The molecule has 0 atom stereocenters. The highest BCUT2D eigenvalue weighted by atomic mass is 127. The number of rotatable bonds is 6. The van der Waals surface area contributed by atoms with Crippen molar-refractivity contribution in [1.82, 2.24) is 0 Å². The van der Waals surface area contributed by atoms with Crippen LogP contribution in [0.4, 0.5) is 0 Å². The highest BCUT2D eigenvalue weighted by Crippen LogP contribution is 2.37. The van der Waals surface area contributed by atoms with E-state index in [9.17, 15) is 13.7 Å². The van der Waals surface area contributed by atoms with Crippen LogP contribution in [0, 0.1) is 28.7 Å². The maximum atomic E-state index is 12.7. The molecule has 3 aromatic carbocycles. The molecule has 0 fully saturated rings. The molecule has 0 aromatic heterocycles. The molecule has 3 aromatic rings. The van der Waals surface area contributed by atoms with Gasteiger partial charge in [-0.15, -0.1) is 0 Å². The third-order valence-corrected chi connectivity index (χ3v) is 6.59. The number of ether oxygens (including phenoxy) is 1. The zero-order chi connectivity index (χ0) is 22.6. The fraction of sp³-hybridized carbons (Fsp3) is 0.125. The molecule has 0 spiro atoms. The standard InChI is InChI=1S/C24H20INO4S/c1-16-4-8-19(9-5-16)20(15-26)12-18-13-22(25)24(23(14-18)29-3)30-31(27,28)21-10-6-17(2)7-11-21/h4-14H,1-3H3/b20-12+. The van der Waals surface area contributed by atoms with Crippen LogP contribution in [0.15, 0.2) is 65.6 Å². The Balaban J connectivity index is 1.99. The van der Waals surface area contributed by atoms with Gasteiger partial charge in [-0.1, -0.05) is 47.5 Å². The first-order valence-electron chi connectivity index (χ1n) is 9.31. The smallest absolute Gasteiger partial charge is 0.339 e. The summed E-state index contributed by atoms with van der Waals surface area (Å²) in [6, 6.07) is 19.7. The molecule has 0 saturated heterocycles. The van der Waals surface area contributed by atoms with Crippen molar-refractivity contribution in [2.75, 3.05) is 7.11 Å². The number of aryl methyl sites for hydroxylation is 2. The van der Waals surface area contributed by atoms with E-state index in [1.807, 2.05) is 60.7 Å². The predicted octanol–water partition coefficient (Wildman–Crippen LogP) is 5.75. The van der Waals surface area contributed by atoms with Gasteiger partial charge in [0, 0.05) is 0 Å². The summed E-state index contributed by atoms with van der Waals surface area (Å²) < 4.78 is 36.8. The Hall–Kier alpha value is -2.83. The van der Waals surface area contributed by atoms with E-state index in [4.69, 9.17) is 8.92 Å². The molecule has 3 rings (SSSR count). The maximum Gasteiger partial charge on any atom is 0.339 e. The molecule has 0 aliphatic carbocycles. The Kier molecular flexibility index (Phi) is 7.03. The molecule has 7 heteroatoms. The lowest BCUT2D eigenvalue weighted by atomic mass is 10.0. The number of methoxy groups -OCH3 is 1. The van der Waals surface area contributed by atoms with E-state index in [1.165, 1.54) is 19.2 Å². The van der Waals surface area contributed by atoms with Crippen LogP contribution in [0.3, 0.4) is 0 Å². The Labute approximate surface area is 196 Å². The van der Waals surface area contributed by atoms with Gasteiger partial charge in [-0.25, -0.2) is 0 Å². The molecule has 31 heavy (non-hydrogen) atoms. The van der Waals surface area contributed by atoms with Crippen molar-refractivity contribution in [3.8, 4) is 17.6 Å². The first-order chi connectivity index (χ1) is 14.7. The summed E-state index contributed by atoms with van der Waals surface area (Å²) in [7, 11) is -2.59. The van der Waals surface area contributed by atoms with Gasteiger partial charge >= 0.3 is 10.1 Å². The number of allylic oxidation sites excluding steroid dienone is 1. The van der Waals surface area contributed by atoms with Crippen LogP contribution >= 0.6 is 22.6 Å². The van der Waals surface area contributed by atoms with Crippen LogP contribution in [-0.4, -0.2) is 15.5 Å². The van der Waals surface area contributed by atoms with Crippen LogP contribution < -0.4 is 8.92 Å². The van der Waals surface area contributed by atoms with Gasteiger partial charge in [0.2, 0.25) is 0 Å². The molecule has 0 N–H and O–H groups in total. The number of nitriles is 1. The van der Waals surface area contributed by atoms with Crippen LogP contribution in [-0.2, 0) is 10.1 Å². The number of hydrogen-bond acceptors (Lipinski definition) is 5. The second kappa shape index (κ2) is 9.54. The largest absolute Gasteiger partial charge is 0.493 e. The summed E-state index contributed by atoms with van der Waals surface area (Å²) in [5.74, 6) is 0.365. The summed E-state index contributed by atoms with van der Waals surface area (Å²) >= 11 is 2.00. The zero-order valence-corrected chi connectivity index (χ0v) is 20.2. The van der Waals surface area contributed by atoms with Crippen LogP contribution in [0.2, 0.25) is 0 Å². The average molecular weight is 545 g/mol. The van der Waals surface area contributed by atoms with Crippen molar-refractivity contribution in [2.45, 2.75) is 18.7 Å². The van der Waals surface area contributed by atoms with Crippen molar-refractivity contribution in [2.24, 2.45) is 0 Å². The molecule has 0 radical (unpaired) electrons. The van der Waals surface area contributed by atoms with E-state index >= 15 is 0 Å². The van der Waals surface area contributed by atoms with Crippen LogP contribution in [0.25, 0.3) is 11.6 Å². The van der Waals surface area contributed by atoms with E-state index in [0.717, 1.165) is 16.7 Å². The Morgan fingerprint density at radius 1 is 1.00 bits per heavy atom. The molecule has 0 heterocycles. The van der Waals surface area contributed by atoms with Gasteiger partial charge in [0.25, 0.3) is 0 Å². The van der Waals surface area contributed by atoms with Gasteiger partial charge in [-0.2, -0.15) is 13.7 Å². The van der Waals surface area contributed by atoms with Gasteiger partial charge in [-0.3, -0.25) is 0 Å². The Morgan fingerprint density at radius 3 is 2.13 bits per heavy atom. The van der Waals surface area contributed by atoms with Crippen molar-refractivity contribution >= 4 is 44.4 Å². The van der Waals surface area contributed by atoms with E-state index in [2.05, 4.69) is 6.07 Å². The highest BCUT2D eigenvalue weighted by molar-refractivity contribution is 14.1. The Bertz CT molecular complexity index is 1270. The second-order valence-electron chi connectivity index (χ2n) is 6.92. The summed E-state index contributed by atoms with van der Waals surface area (Å²) in [4.78, 5) is 0.0612. The molecule has 158 valence electrons. The SMILES string of the molecule is COc1cc(/C=C(\C#N)c2ccc(C)cc2)cc(I)c1OS(=O)(=O)c1ccc(C)cc1. The van der Waals surface area contributed by atoms with Gasteiger partial charge < -0.3 is 8.92 Å². The highest BCUT2D eigenvalue weighted by Gasteiger charge is 2.22. The summed E-state index contributed by atoms with van der Waals surface area (Å²) in [5, 5.41) is 9.60. The molecule has 0 amide bonds. The lowest BCUT2D eigenvalue weighted by molar-refractivity contribution is 0.389. The number of nitrogens with zero attached hydrogens (tertiary/aromatic N) is 1. The third-order valence-electron chi connectivity index (χ3n) is 4.55. The van der Waals surface area contributed by atoms with Gasteiger partial charge in [0.1, 0.15) is 4.90 Å². The molecule has 0 aliphatic heterocycles. The van der Waals surface area contributed by atoms with Crippen molar-refractivity contribution < 1.29 is 17.3 Å². The lowest BCUT2D eigenvalue weighted by Crippen LogP contribution is -2.11. The lowest BCUT2D eigenvalue weighted by Gasteiger charge is -2.14. The molecular weight excluding hydrogens is 525 g/mol. The van der Waals surface area contributed by atoms with E-state index < -0.39 is 10.1 Å².